The highest BCUT2D eigenvalue weighted by atomic mass is 35.5. The van der Waals surface area contributed by atoms with Crippen molar-refractivity contribution >= 4 is 35.0 Å². The van der Waals surface area contributed by atoms with Gasteiger partial charge in [-0.15, -0.1) is 0 Å². The normalized spacial score (nSPS) is 10.3. The number of ether oxygens (including phenoxy) is 2. The van der Waals surface area contributed by atoms with Crippen molar-refractivity contribution in [2.75, 3.05) is 6.61 Å². The van der Waals surface area contributed by atoms with Crippen LogP contribution >= 0.6 is 23.2 Å². The molecule has 0 fully saturated rings. The molecule has 0 saturated heterocycles. The van der Waals surface area contributed by atoms with Gasteiger partial charge in [0.2, 0.25) is 5.78 Å². The maximum Gasteiger partial charge on any atom is 0.342 e. The highest BCUT2D eigenvalue weighted by molar-refractivity contribution is 6.36. The van der Waals surface area contributed by atoms with E-state index in [2.05, 4.69) is 0 Å². The smallest absolute Gasteiger partial charge is 0.342 e. The predicted molar refractivity (Wildman–Crippen MR) is 104 cm³/mol. The first-order valence-electron chi connectivity index (χ1n) is 8.02. The van der Waals surface area contributed by atoms with Gasteiger partial charge in [-0.25, -0.2) is 4.79 Å². The van der Waals surface area contributed by atoms with Gasteiger partial charge < -0.3 is 9.47 Å². The van der Waals surface area contributed by atoms with Crippen LogP contribution in [0.15, 0.2) is 72.8 Å². The second-order valence-electron chi connectivity index (χ2n) is 5.53. The third kappa shape index (κ3) is 4.88. The number of benzene rings is 3. The van der Waals surface area contributed by atoms with Crippen LogP contribution in [0.5, 0.6) is 11.5 Å². The van der Waals surface area contributed by atoms with Gasteiger partial charge in [0.25, 0.3) is 0 Å². The summed E-state index contributed by atoms with van der Waals surface area (Å²) < 4.78 is 10.9. The lowest BCUT2D eigenvalue weighted by molar-refractivity contribution is 0.0472. The minimum atomic E-state index is -0.667. The molecule has 0 N–H and O–H groups in total. The molecule has 3 aromatic rings. The summed E-state index contributed by atoms with van der Waals surface area (Å²) in [7, 11) is 0. The van der Waals surface area contributed by atoms with Crippen molar-refractivity contribution in [2.24, 2.45) is 0 Å². The number of carbonyl (C=O) groups is 2. The molecule has 0 bridgehead atoms. The molecular weight excluding hydrogens is 387 g/mol. The van der Waals surface area contributed by atoms with Gasteiger partial charge >= 0.3 is 5.97 Å². The van der Waals surface area contributed by atoms with E-state index >= 15 is 0 Å². The fourth-order valence-electron chi connectivity index (χ4n) is 2.34. The van der Waals surface area contributed by atoms with Crippen LogP contribution in [0.25, 0.3) is 0 Å². The molecule has 4 nitrogen and oxygen atoms in total. The molecule has 3 aromatic carbocycles. The summed E-state index contributed by atoms with van der Waals surface area (Å²) in [4.78, 5) is 24.7. The zero-order valence-corrected chi connectivity index (χ0v) is 15.5. The number of rotatable bonds is 6. The minimum absolute atomic E-state index is 0.205. The van der Waals surface area contributed by atoms with Gasteiger partial charge in [0.15, 0.2) is 6.61 Å². The zero-order chi connectivity index (χ0) is 19.2. The molecule has 0 spiro atoms. The monoisotopic (exact) mass is 400 g/mol. The fraction of sp³-hybridized carbons (Fsp3) is 0.0476. The molecule has 3 rings (SSSR count). The Balaban J connectivity index is 1.70. The van der Waals surface area contributed by atoms with Crippen molar-refractivity contribution in [3.63, 3.8) is 0 Å². The third-order valence-electron chi connectivity index (χ3n) is 3.64. The van der Waals surface area contributed by atoms with Gasteiger partial charge in [-0.2, -0.15) is 0 Å². The number of carbonyl (C=O) groups excluding carboxylic acids is 2. The molecule has 0 amide bonds. The van der Waals surface area contributed by atoms with Crippen molar-refractivity contribution in [1.29, 1.82) is 0 Å². The number of Topliss-reactive ketones (excluding diaryl/α,β-unsaturated/α-hetero) is 1. The van der Waals surface area contributed by atoms with Crippen LogP contribution in [-0.4, -0.2) is 18.4 Å². The summed E-state index contributed by atoms with van der Waals surface area (Å²) in [6, 6.07) is 20.2. The van der Waals surface area contributed by atoms with Crippen molar-refractivity contribution < 1.29 is 19.1 Å². The summed E-state index contributed by atoms with van der Waals surface area (Å²) in [6.07, 6.45) is 0. The predicted octanol–water partition coefficient (Wildman–Crippen LogP) is 5.83. The second kappa shape index (κ2) is 8.71. The van der Waals surface area contributed by atoms with E-state index in [-0.39, 0.29) is 16.1 Å². The summed E-state index contributed by atoms with van der Waals surface area (Å²) in [5, 5.41) is 0.622. The quantitative estimate of drug-likeness (QED) is 0.386. The van der Waals surface area contributed by atoms with Gasteiger partial charge in [0.05, 0.1) is 5.02 Å². The van der Waals surface area contributed by atoms with Crippen molar-refractivity contribution in [3.8, 4) is 11.5 Å². The summed E-state index contributed by atoms with van der Waals surface area (Å²) in [6.45, 7) is -0.445. The lowest BCUT2D eigenvalue weighted by Gasteiger charge is -2.11. The molecule has 0 radical (unpaired) electrons. The first kappa shape index (κ1) is 19.0. The highest BCUT2D eigenvalue weighted by Crippen LogP contribution is 2.26. The Morgan fingerprint density at radius 3 is 2.26 bits per heavy atom. The SMILES string of the molecule is O=C(COC(=O)c1ccccc1Oc1ccccc1)c1ccc(Cl)cc1Cl. The number of halogens is 2. The Labute approximate surface area is 166 Å². The second-order valence-corrected chi connectivity index (χ2v) is 6.38. The first-order chi connectivity index (χ1) is 13.0. The molecule has 0 aliphatic heterocycles. The Kier molecular flexibility index (Phi) is 6.12. The van der Waals surface area contributed by atoms with Crippen LogP contribution in [0.1, 0.15) is 20.7 Å². The zero-order valence-electron chi connectivity index (χ0n) is 14.0. The van der Waals surface area contributed by atoms with Gasteiger partial charge in [0, 0.05) is 10.6 Å². The van der Waals surface area contributed by atoms with Crippen molar-refractivity contribution in [1.82, 2.24) is 0 Å². The van der Waals surface area contributed by atoms with Gasteiger partial charge in [0.1, 0.15) is 17.1 Å². The Morgan fingerprint density at radius 1 is 0.815 bits per heavy atom. The Hall–Kier alpha value is -2.82. The van der Waals surface area contributed by atoms with Crippen LogP contribution in [0.2, 0.25) is 10.0 Å². The maximum atomic E-state index is 12.4. The van der Waals surface area contributed by atoms with Crippen LogP contribution in [0.4, 0.5) is 0 Å². The molecule has 27 heavy (non-hydrogen) atoms. The summed E-state index contributed by atoms with van der Waals surface area (Å²) in [5.74, 6) is -0.168. The van der Waals surface area contributed by atoms with Crippen molar-refractivity contribution in [3.05, 3.63) is 94.0 Å². The lowest BCUT2D eigenvalue weighted by atomic mass is 10.1. The fourth-order valence-corrected chi connectivity index (χ4v) is 2.86. The minimum Gasteiger partial charge on any atom is -0.456 e. The highest BCUT2D eigenvalue weighted by Gasteiger charge is 2.18. The standard InChI is InChI=1S/C21H14Cl2O4/c22-14-10-11-16(18(23)12-14)19(24)13-26-21(25)17-8-4-5-9-20(17)27-15-6-2-1-3-7-15/h1-12H,13H2. The molecule has 0 aliphatic carbocycles. The van der Waals surface area contributed by atoms with E-state index < -0.39 is 18.4 Å². The molecule has 0 aliphatic rings. The molecular formula is C21H14Cl2O4. The van der Waals surface area contributed by atoms with Crippen LogP contribution < -0.4 is 4.74 Å². The molecule has 0 atom stereocenters. The van der Waals surface area contributed by atoms with E-state index in [4.69, 9.17) is 32.7 Å². The summed E-state index contributed by atoms with van der Waals surface area (Å²) >= 11 is 11.8. The number of hydrogen-bond donors (Lipinski definition) is 0. The summed E-state index contributed by atoms with van der Waals surface area (Å²) in [5.41, 5.74) is 0.457. The number of hydrogen-bond acceptors (Lipinski definition) is 4. The van der Waals surface area contributed by atoms with E-state index in [9.17, 15) is 9.59 Å². The molecule has 0 heterocycles. The van der Waals surface area contributed by atoms with Crippen LogP contribution in [0.3, 0.4) is 0 Å². The number of para-hydroxylation sites is 2. The molecule has 0 aromatic heterocycles. The number of ketones is 1. The maximum absolute atomic E-state index is 12.4. The van der Waals surface area contributed by atoms with E-state index in [1.807, 2.05) is 18.2 Å². The lowest BCUT2D eigenvalue weighted by Crippen LogP contribution is -2.15. The molecule has 0 saturated carbocycles. The van der Waals surface area contributed by atoms with E-state index in [1.54, 1.807) is 42.5 Å². The first-order valence-corrected chi connectivity index (χ1v) is 8.77. The van der Waals surface area contributed by atoms with Gasteiger partial charge in [-0.05, 0) is 42.5 Å². The van der Waals surface area contributed by atoms with Crippen LogP contribution in [0, 0.1) is 0 Å². The molecule has 136 valence electrons. The molecule has 0 unspecified atom stereocenters. The Morgan fingerprint density at radius 2 is 1.52 bits per heavy atom. The van der Waals surface area contributed by atoms with E-state index in [1.165, 1.54) is 12.1 Å². The topological polar surface area (TPSA) is 52.6 Å². The van der Waals surface area contributed by atoms with Gasteiger partial charge in [-0.1, -0.05) is 53.5 Å². The number of esters is 1. The average molecular weight is 401 g/mol. The largest absolute Gasteiger partial charge is 0.456 e. The average Bonchev–Trinajstić information content (AvgIpc) is 2.67. The third-order valence-corrected chi connectivity index (χ3v) is 4.19. The Bertz CT molecular complexity index is 971. The van der Waals surface area contributed by atoms with E-state index in [0.29, 0.717) is 16.5 Å². The van der Waals surface area contributed by atoms with Crippen LogP contribution in [-0.2, 0) is 4.74 Å². The van der Waals surface area contributed by atoms with Crippen molar-refractivity contribution in [2.45, 2.75) is 0 Å². The van der Waals surface area contributed by atoms with E-state index in [0.717, 1.165) is 0 Å². The van der Waals surface area contributed by atoms with Gasteiger partial charge in [-0.3, -0.25) is 4.79 Å². The molecule has 6 heteroatoms.